The van der Waals surface area contributed by atoms with Crippen LogP contribution in [0.2, 0.25) is 0 Å². The average molecular weight is 270 g/mol. The maximum Gasteiger partial charge on any atom is 0.126 e. The van der Waals surface area contributed by atoms with Gasteiger partial charge in [0.2, 0.25) is 0 Å². The molecule has 0 spiro atoms. The Hall–Kier alpha value is -0.880. The van der Waals surface area contributed by atoms with Crippen LogP contribution in [0.3, 0.4) is 0 Å². The maximum absolute atomic E-state index is 13.4. The highest BCUT2D eigenvalue weighted by Crippen LogP contribution is 2.21. The molecule has 0 saturated heterocycles. The topological polar surface area (TPSA) is 23.8 Å². The average Bonchev–Trinajstić information content (AvgIpc) is 2.18. The van der Waals surface area contributed by atoms with Gasteiger partial charge in [-0.2, -0.15) is 5.26 Å². The van der Waals surface area contributed by atoms with Gasteiger partial charge in [0.05, 0.1) is 12.0 Å². The summed E-state index contributed by atoms with van der Waals surface area (Å²) in [5.41, 5.74) is 0.602. The Morgan fingerprint density at radius 2 is 2.13 bits per heavy atom. The predicted molar refractivity (Wildman–Crippen MR) is 61.7 cm³/mol. The fourth-order valence-corrected chi connectivity index (χ4v) is 1.78. The molecule has 1 unspecified atom stereocenters. The summed E-state index contributed by atoms with van der Waals surface area (Å²) in [4.78, 5) is 0. The molecule has 1 nitrogen and oxygen atoms in total. The Kier molecular flexibility index (Phi) is 4.28. The first-order valence-corrected chi connectivity index (χ1v) is 5.67. The van der Waals surface area contributed by atoms with Crippen molar-refractivity contribution in [2.75, 3.05) is 0 Å². The predicted octanol–water partition coefficient (Wildman–Crippen LogP) is 3.93. The molecule has 0 bridgehead atoms. The minimum Gasteiger partial charge on any atom is -0.207 e. The van der Waals surface area contributed by atoms with Gasteiger partial charge in [0, 0.05) is 4.47 Å². The monoisotopic (exact) mass is 269 g/mol. The van der Waals surface area contributed by atoms with E-state index in [9.17, 15) is 4.39 Å². The fourth-order valence-electron chi connectivity index (χ4n) is 1.37. The Balaban J connectivity index is 2.89. The van der Waals surface area contributed by atoms with E-state index >= 15 is 0 Å². The van der Waals surface area contributed by atoms with E-state index in [4.69, 9.17) is 5.26 Å². The lowest BCUT2D eigenvalue weighted by Crippen LogP contribution is -2.10. The third-order valence-electron chi connectivity index (χ3n) is 2.42. The molecule has 15 heavy (non-hydrogen) atoms. The Morgan fingerprint density at radius 1 is 1.47 bits per heavy atom. The van der Waals surface area contributed by atoms with Crippen LogP contribution in [0.1, 0.15) is 19.4 Å². The second kappa shape index (κ2) is 5.27. The van der Waals surface area contributed by atoms with Crippen LogP contribution in [0.4, 0.5) is 4.39 Å². The zero-order chi connectivity index (χ0) is 11.4. The van der Waals surface area contributed by atoms with Gasteiger partial charge in [-0.3, -0.25) is 0 Å². The van der Waals surface area contributed by atoms with Crippen LogP contribution in [-0.4, -0.2) is 0 Å². The molecule has 0 aliphatic carbocycles. The number of nitrogens with zero attached hydrogens (tertiary/aromatic N) is 1. The number of benzene rings is 1. The van der Waals surface area contributed by atoms with Crippen LogP contribution < -0.4 is 0 Å². The highest BCUT2D eigenvalue weighted by Gasteiger charge is 2.15. The molecule has 0 fully saturated rings. The maximum atomic E-state index is 13.4. The largest absolute Gasteiger partial charge is 0.207 e. The van der Waals surface area contributed by atoms with Crippen molar-refractivity contribution in [1.82, 2.24) is 0 Å². The summed E-state index contributed by atoms with van der Waals surface area (Å²) in [5.74, 6) is -0.124. The molecule has 0 radical (unpaired) electrons. The number of halogens is 2. The molecular weight excluding hydrogens is 257 g/mol. The van der Waals surface area contributed by atoms with Gasteiger partial charge in [-0.15, -0.1) is 0 Å². The van der Waals surface area contributed by atoms with Crippen molar-refractivity contribution in [3.8, 4) is 6.07 Å². The van der Waals surface area contributed by atoms with Gasteiger partial charge < -0.3 is 0 Å². The van der Waals surface area contributed by atoms with Gasteiger partial charge in [0.1, 0.15) is 5.82 Å². The molecule has 0 aromatic heterocycles. The lowest BCUT2D eigenvalue weighted by molar-refractivity contribution is 0.464. The molecule has 3 heteroatoms. The minimum atomic E-state index is -0.237. The van der Waals surface area contributed by atoms with Crippen LogP contribution in [0.25, 0.3) is 0 Å². The molecule has 0 saturated carbocycles. The van der Waals surface area contributed by atoms with E-state index in [-0.39, 0.29) is 17.7 Å². The van der Waals surface area contributed by atoms with Crippen molar-refractivity contribution < 1.29 is 4.39 Å². The summed E-state index contributed by atoms with van der Waals surface area (Å²) in [6.45, 7) is 3.95. The molecule has 80 valence electrons. The van der Waals surface area contributed by atoms with Crippen LogP contribution in [0, 0.1) is 29.0 Å². The molecule has 0 amide bonds. The first-order valence-electron chi connectivity index (χ1n) is 4.88. The van der Waals surface area contributed by atoms with Crippen molar-refractivity contribution in [3.63, 3.8) is 0 Å². The molecule has 1 atom stereocenters. The van der Waals surface area contributed by atoms with E-state index in [0.29, 0.717) is 12.0 Å². The number of hydrogen-bond donors (Lipinski definition) is 0. The molecule has 0 aliphatic heterocycles. The summed E-state index contributed by atoms with van der Waals surface area (Å²) in [6.07, 6.45) is 0.472. The molecule has 1 aromatic rings. The number of hydrogen-bond acceptors (Lipinski definition) is 1. The number of nitriles is 1. The summed E-state index contributed by atoms with van der Waals surface area (Å²) in [5, 5.41) is 8.93. The van der Waals surface area contributed by atoms with Crippen molar-refractivity contribution in [1.29, 1.82) is 5.26 Å². The zero-order valence-corrected chi connectivity index (χ0v) is 10.4. The smallest absolute Gasteiger partial charge is 0.126 e. The standard InChI is InChI=1S/C12H13BrFN/c1-8(2)10(7-15)5-9-6-11(13)3-4-12(9)14/h3-4,6,8,10H,5H2,1-2H3. The molecular formula is C12H13BrFN. The van der Waals surface area contributed by atoms with E-state index in [1.54, 1.807) is 12.1 Å². The van der Waals surface area contributed by atoms with E-state index in [0.717, 1.165) is 4.47 Å². The highest BCUT2D eigenvalue weighted by molar-refractivity contribution is 9.10. The molecule has 0 aliphatic rings. The third kappa shape index (κ3) is 3.32. The van der Waals surface area contributed by atoms with Crippen molar-refractivity contribution in [3.05, 3.63) is 34.1 Å². The second-order valence-corrected chi connectivity index (χ2v) is 4.84. The van der Waals surface area contributed by atoms with Gasteiger partial charge in [0.25, 0.3) is 0 Å². The molecule has 1 aromatic carbocycles. The van der Waals surface area contributed by atoms with E-state index in [1.165, 1.54) is 6.07 Å². The third-order valence-corrected chi connectivity index (χ3v) is 2.91. The summed E-state index contributed by atoms with van der Waals surface area (Å²) < 4.78 is 14.2. The summed E-state index contributed by atoms with van der Waals surface area (Å²) in [7, 11) is 0. The Bertz CT molecular complexity index is 382. The fraction of sp³-hybridized carbons (Fsp3) is 0.417. The molecule has 1 rings (SSSR count). The van der Waals surface area contributed by atoms with Gasteiger partial charge in [-0.05, 0) is 36.1 Å². The normalized spacial score (nSPS) is 12.5. The zero-order valence-electron chi connectivity index (χ0n) is 8.80. The van der Waals surface area contributed by atoms with E-state index < -0.39 is 0 Å². The second-order valence-electron chi connectivity index (χ2n) is 3.92. The van der Waals surface area contributed by atoms with Crippen LogP contribution in [0.15, 0.2) is 22.7 Å². The molecule has 0 heterocycles. The van der Waals surface area contributed by atoms with Crippen LogP contribution in [-0.2, 0) is 6.42 Å². The first-order chi connectivity index (χ1) is 7.04. The Morgan fingerprint density at radius 3 is 2.67 bits per heavy atom. The van der Waals surface area contributed by atoms with Gasteiger partial charge >= 0.3 is 0 Å². The van der Waals surface area contributed by atoms with E-state index in [2.05, 4.69) is 22.0 Å². The first kappa shape index (κ1) is 12.2. The van der Waals surface area contributed by atoms with Crippen molar-refractivity contribution >= 4 is 15.9 Å². The SMILES string of the molecule is CC(C)C(C#N)Cc1cc(Br)ccc1F. The quantitative estimate of drug-likeness (QED) is 0.816. The summed E-state index contributed by atoms with van der Waals surface area (Å²) in [6, 6.07) is 7.04. The summed E-state index contributed by atoms with van der Waals surface area (Å²) >= 11 is 3.30. The van der Waals surface area contributed by atoms with Gasteiger partial charge in [-0.1, -0.05) is 29.8 Å². The molecule has 0 N–H and O–H groups in total. The lowest BCUT2D eigenvalue weighted by atomic mass is 9.90. The van der Waals surface area contributed by atoms with Gasteiger partial charge in [0.15, 0.2) is 0 Å². The van der Waals surface area contributed by atoms with Crippen molar-refractivity contribution in [2.45, 2.75) is 20.3 Å². The minimum absolute atomic E-state index is 0.131. The van der Waals surface area contributed by atoms with Crippen LogP contribution >= 0.6 is 15.9 Å². The lowest BCUT2D eigenvalue weighted by Gasteiger charge is -2.13. The highest BCUT2D eigenvalue weighted by atomic mass is 79.9. The van der Waals surface area contributed by atoms with E-state index in [1.807, 2.05) is 13.8 Å². The Labute approximate surface area is 98.0 Å². The van der Waals surface area contributed by atoms with Crippen LogP contribution in [0.5, 0.6) is 0 Å². The van der Waals surface area contributed by atoms with Crippen molar-refractivity contribution in [2.24, 2.45) is 11.8 Å². The van der Waals surface area contributed by atoms with Gasteiger partial charge in [-0.25, -0.2) is 4.39 Å². The number of rotatable bonds is 3.